The molecule has 0 aliphatic carbocycles. The standard InChI is InChI=1S/C19H28N2O2/c1-13(2)16-17(23-6)20-19(14(3)4,18(22)21(16)5)12-15-10-8-7-9-11-15/h7-11,13-14,16H,12H2,1-6H3/t16-,19-/m0/s1. The van der Waals surface area contributed by atoms with Crippen LogP contribution in [0.25, 0.3) is 0 Å². The summed E-state index contributed by atoms with van der Waals surface area (Å²) in [6, 6.07) is 9.98. The van der Waals surface area contributed by atoms with Crippen LogP contribution in [0.3, 0.4) is 0 Å². The van der Waals surface area contributed by atoms with Crippen LogP contribution in [-0.2, 0) is 16.0 Å². The molecule has 0 radical (unpaired) electrons. The zero-order chi connectivity index (χ0) is 17.2. The van der Waals surface area contributed by atoms with E-state index in [0.717, 1.165) is 5.56 Å². The van der Waals surface area contributed by atoms with E-state index in [1.54, 1.807) is 7.11 Å². The molecule has 0 aromatic heterocycles. The fourth-order valence-electron chi connectivity index (χ4n) is 3.41. The van der Waals surface area contributed by atoms with Gasteiger partial charge in [-0.15, -0.1) is 0 Å². The Hall–Kier alpha value is -1.84. The van der Waals surface area contributed by atoms with Crippen molar-refractivity contribution in [2.45, 2.75) is 45.7 Å². The van der Waals surface area contributed by atoms with Crippen molar-refractivity contribution in [1.29, 1.82) is 0 Å². The summed E-state index contributed by atoms with van der Waals surface area (Å²) in [5.74, 6) is 1.07. The predicted molar refractivity (Wildman–Crippen MR) is 93.6 cm³/mol. The fourth-order valence-corrected chi connectivity index (χ4v) is 3.41. The highest BCUT2D eigenvalue weighted by atomic mass is 16.5. The lowest BCUT2D eigenvalue weighted by Crippen LogP contribution is -2.62. The monoisotopic (exact) mass is 316 g/mol. The first kappa shape index (κ1) is 17.5. The Morgan fingerprint density at radius 2 is 1.83 bits per heavy atom. The molecule has 1 aromatic rings. The Kier molecular flexibility index (Phi) is 5.12. The second kappa shape index (κ2) is 6.73. The molecule has 4 nitrogen and oxygen atoms in total. The van der Waals surface area contributed by atoms with E-state index in [-0.39, 0.29) is 23.8 Å². The Morgan fingerprint density at radius 3 is 2.30 bits per heavy atom. The molecule has 0 saturated heterocycles. The number of nitrogens with zero attached hydrogens (tertiary/aromatic N) is 2. The predicted octanol–water partition coefficient (Wildman–Crippen LogP) is 3.17. The number of hydrogen-bond acceptors (Lipinski definition) is 3. The number of carbonyl (C=O) groups is 1. The minimum absolute atomic E-state index is 0.0795. The normalized spacial score (nSPS) is 25.0. The molecule has 1 aromatic carbocycles. The molecule has 4 heteroatoms. The van der Waals surface area contributed by atoms with E-state index in [9.17, 15) is 4.79 Å². The molecule has 0 fully saturated rings. The average Bonchev–Trinajstić information content (AvgIpc) is 2.51. The molecular formula is C19H28N2O2. The molecular weight excluding hydrogens is 288 g/mol. The van der Waals surface area contributed by atoms with Gasteiger partial charge in [0.2, 0.25) is 5.90 Å². The van der Waals surface area contributed by atoms with Crippen LogP contribution in [0.5, 0.6) is 0 Å². The van der Waals surface area contributed by atoms with Crippen LogP contribution in [-0.4, -0.2) is 42.4 Å². The van der Waals surface area contributed by atoms with Gasteiger partial charge >= 0.3 is 0 Å². The van der Waals surface area contributed by atoms with Crippen molar-refractivity contribution >= 4 is 11.8 Å². The van der Waals surface area contributed by atoms with Crippen molar-refractivity contribution in [3.05, 3.63) is 35.9 Å². The van der Waals surface area contributed by atoms with E-state index < -0.39 is 5.54 Å². The number of benzene rings is 1. The highest BCUT2D eigenvalue weighted by Crippen LogP contribution is 2.35. The molecule has 0 N–H and O–H groups in total. The molecule has 23 heavy (non-hydrogen) atoms. The number of amides is 1. The van der Waals surface area contributed by atoms with Crippen LogP contribution in [0.15, 0.2) is 35.3 Å². The Labute approximate surface area is 139 Å². The molecule has 0 bridgehead atoms. The maximum absolute atomic E-state index is 13.2. The van der Waals surface area contributed by atoms with E-state index in [2.05, 4.69) is 27.7 Å². The topological polar surface area (TPSA) is 41.9 Å². The van der Waals surface area contributed by atoms with Crippen LogP contribution in [0.1, 0.15) is 33.3 Å². The van der Waals surface area contributed by atoms with Crippen LogP contribution in [0, 0.1) is 11.8 Å². The quantitative estimate of drug-likeness (QED) is 0.856. The second-order valence-electron chi connectivity index (χ2n) is 7.00. The van der Waals surface area contributed by atoms with Gasteiger partial charge in [-0.3, -0.25) is 4.79 Å². The minimum Gasteiger partial charge on any atom is -0.483 e. The Morgan fingerprint density at radius 1 is 1.22 bits per heavy atom. The van der Waals surface area contributed by atoms with Gasteiger partial charge in [-0.25, -0.2) is 4.99 Å². The van der Waals surface area contributed by atoms with Crippen molar-refractivity contribution < 1.29 is 9.53 Å². The third-order valence-corrected chi connectivity index (χ3v) is 4.78. The maximum Gasteiger partial charge on any atom is 0.251 e. The molecule has 2 rings (SSSR count). The summed E-state index contributed by atoms with van der Waals surface area (Å²) in [4.78, 5) is 19.9. The zero-order valence-electron chi connectivity index (χ0n) is 15.0. The number of carbonyl (C=O) groups excluding carboxylic acids is 1. The van der Waals surface area contributed by atoms with Crippen LogP contribution in [0.4, 0.5) is 0 Å². The molecule has 1 heterocycles. The number of rotatable bonds is 4. The molecule has 1 aliphatic heterocycles. The van der Waals surface area contributed by atoms with Crippen LogP contribution in [0.2, 0.25) is 0 Å². The van der Waals surface area contributed by atoms with Crippen LogP contribution < -0.4 is 0 Å². The smallest absolute Gasteiger partial charge is 0.251 e. The van der Waals surface area contributed by atoms with Gasteiger partial charge < -0.3 is 9.64 Å². The Balaban J connectivity index is 2.53. The first-order valence-corrected chi connectivity index (χ1v) is 8.28. The number of ether oxygens (including phenoxy) is 1. The first-order valence-electron chi connectivity index (χ1n) is 8.28. The number of aliphatic imine (C=N–C) groups is 1. The third kappa shape index (κ3) is 3.12. The maximum atomic E-state index is 13.2. The van der Waals surface area contributed by atoms with Gasteiger partial charge in [-0.2, -0.15) is 0 Å². The molecule has 2 atom stereocenters. The first-order chi connectivity index (χ1) is 10.8. The van der Waals surface area contributed by atoms with Crippen molar-refractivity contribution in [3.63, 3.8) is 0 Å². The molecule has 0 saturated carbocycles. The highest BCUT2D eigenvalue weighted by molar-refractivity contribution is 5.98. The van der Waals surface area contributed by atoms with E-state index in [1.807, 2.05) is 42.3 Å². The zero-order valence-corrected chi connectivity index (χ0v) is 15.0. The summed E-state index contributed by atoms with van der Waals surface area (Å²) >= 11 is 0. The summed E-state index contributed by atoms with van der Waals surface area (Å²) in [7, 11) is 3.51. The van der Waals surface area contributed by atoms with E-state index in [0.29, 0.717) is 12.3 Å². The van der Waals surface area contributed by atoms with Crippen LogP contribution >= 0.6 is 0 Å². The van der Waals surface area contributed by atoms with Crippen molar-refractivity contribution in [2.75, 3.05) is 14.2 Å². The van der Waals surface area contributed by atoms with Crippen molar-refractivity contribution in [2.24, 2.45) is 16.8 Å². The molecule has 0 spiro atoms. The van der Waals surface area contributed by atoms with Crippen molar-refractivity contribution in [1.82, 2.24) is 4.90 Å². The lowest BCUT2D eigenvalue weighted by molar-refractivity contribution is -0.140. The SMILES string of the molecule is COC1=N[C@@](Cc2ccccc2)(C(C)C)C(=O)N(C)[C@H]1C(C)C. The van der Waals surface area contributed by atoms with Gasteiger partial charge in [-0.05, 0) is 17.4 Å². The molecule has 1 aliphatic rings. The Bertz CT molecular complexity index is 580. The largest absolute Gasteiger partial charge is 0.483 e. The van der Waals surface area contributed by atoms with Crippen molar-refractivity contribution in [3.8, 4) is 0 Å². The average molecular weight is 316 g/mol. The molecule has 126 valence electrons. The lowest BCUT2D eigenvalue weighted by atomic mass is 9.78. The lowest BCUT2D eigenvalue weighted by Gasteiger charge is -2.45. The number of hydrogen-bond donors (Lipinski definition) is 0. The molecule has 0 unspecified atom stereocenters. The van der Waals surface area contributed by atoms with Gasteiger partial charge in [0, 0.05) is 13.5 Å². The van der Waals surface area contributed by atoms with E-state index >= 15 is 0 Å². The van der Waals surface area contributed by atoms with E-state index in [1.165, 1.54) is 0 Å². The summed E-state index contributed by atoms with van der Waals surface area (Å²) < 4.78 is 5.58. The minimum atomic E-state index is -0.799. The number of likely N-dealkylation sites (N-methyl/N-ethyl adjacent to an activating group) is 1. The summed E-state index contributed by atoms with van der Waals surface area (Å²) in [5, 5.41) is 0. The fraction of sp³-hybridized carbons (Fsp3) is 0.579. The van der Waals surface area contributed by atoms with E-state index in [4.69, 9.17) is 9.73 Å². The second-order valence-corrected chi connectivity index (χ2v) is 7.00. The summed E-state index contributed by atoms with van der Waals surface area (Å²) in [6.07, 6.45) is 0.590. The van der Waals surface area contributed by atoms with Gasteiger partial charge in [0.1, 0.15) is 11.6 Å². The van der Waals surface area contributed by atoms with Gasteiger partial charge in [-0.1, -0.05) is 58.0 Å². The molecule has 1 amide bonds. The summed E-state index contributed by atoms with van der Waals surface area (Å²) in [6.45, 7) is 8.29. The summed E-state index contributed by atoms with van der Waals surface area (Å²) in [5.41, 5.74) is 0.317. The van der Waals surface area contributed by atoms with Gasteiger partial charge in [0.25, 0.3) is 5.91 Å². The number of methoxy groups -OCH3 is 1. The third-order valence-electron chi connectivity index (χ3n) is 4.78. The van der Waals surface area contributed by atoms with Gasteiger partial charge in [0.15, 0.2) is 0 Å². The van der Waals surface area contributed by atoms with Gasteiger partial charge in [0.05, 0.1) is 7.11 Å². The highest BCUT2D eigenvalue weighted by Gasteiger charge is 2.50.